The van der Waals surface area contributed by atoms with Gasteiger partial charge < -0.3 is 15.1 Å². The molecule has 0 spiro atoms. The van der Waals surface area contributed by atoms with E-state index in [4.69, 9.17) is 0 Å². The van der Waals surface area contributed by atoms with Gasteiger partial charge in [0.2, 0.25) is 0 Å². The third-order valence-electron chi connectivity index (χ3n) is 5.09. The molecular weight excluding hydrogens is 373 g/mol. The highest BCUT2D eigenvalue weighted by Crippen LogP contribution is 2.39. The zero-order valence-electron chi connectivity index (χ0n) is 16.6. The number of halogens is 1. The number of hydrogen-bond donors (Lipinski definition) is 2. The molecule has 29 heavy (non-hydrogen) atoms. The number of β-amino-alcohol motifs (C(OH)–C–C–N with tert-alkyl or cyclic N) is 1. The molecule has 5 nitrogen and oxygen atoms in total. The van der Waals surface area contributed by atoms with Gasteiger partial charge in [-0.05, 0) is 40.8 Å². The predicted molar refractivity (Wildman–Crippen MR) is 108 cm³/mol. The highest BCUT2D eigenvalue weighted by molar-refractivity contribution is 6.46. The van der Waals surface area contributed by atoms with E-state index < -0.39 is 23.5 Å². The summed E-state index contributed by atoms with van der Waals surface area (Å²) in [5.41, 5.74) is 1.83. The molecule has 1 aliphatic heterocycles. The molecule has 0 bridgehead atoms. The molecule has 1 saturated heterocycles. The molecule has 1 amide bonds. The van der Waals surface area contributed by atoms with Crippen LogP contribution in [0.1, 0.15) is 43.5 Å². The Kier molecular flexibility index (Phi) is 5.57. The number of carbonyl (C=O) groups excluding carboxylic acids is 2. The lowest BCUT2D eigenvalue weighted by atomic mass is 9.85. The number of likely N-dealkylation sites (tertiary alicyclic amines) is 1. The molecule has 1 atom stereocenters. The van der Waals surface area contributed by atoms with Gasteiger partial charge >= 0.3 is 0 Å². The SMILES string of the molecule is CC(C)(C)c1ccc(C2/C(=C(/O)c3ccc(F)cc3)C(=O)C(=O)N2CCO)cc1. The van der Waals surface area contributed by atoms with Crippen molar-refractivity contribution in [1.82, 2.24) is 4.90 Å². The van der Waals surface area contributed by atoms with Gasteiger partial charge in [-0.3, -0.25) is 9.59 Å². The quantitative estimate of drug-likeness (QED) is 0.470. The van der Waals surface area contributed by atoms with Crippen molar-refractivity contribution in [3.8, 4) is 0 Å². The highest BCUT2D eigenvalue weighted by atomic mass is 19.1. The first kappa shape index (κ1) is 20.7. The van der Waals surface area contributed by atoms with Crippen molar-refractivity contribution < 1.29 is 24.2 Å². The Morgan fingerprint density at radius 1 is 1.03 bits per heavy atom. The van der Waals surface area contributed by atoms with Crippen LogP contribution in [-0.4, -0.2) is 40.0 Å². The lowest BCUT2D eigenvalue weighted by molar-refractivity contribution is -0.140. The summed E-state index contributed by atoms with van der Waals surface area (Å²) in [5.74, 6) is -2.46. The topological polar surface area (TPSA) is 77.8 Å². The number of benzene rings is 2. The van der Waals surface area contributed by atoms with Crippen LogP contribution in [0, 0.1) is 5.82 Å². The van der Waals surface area contributed by atoms with Gasteiger partial charge in [-0.15, -0.1) is 0 Å². The summed E-state index contributed by atoms with van der Waals surface area (Å²) in [6.45, 7) is 5.87. The maximum absolute atomic E-state index is 13.2. The van der Waals surface area contributed by atoms with Crippen molar-refractivity contribution in [3.05, 3.63) is 76.6 Å². The fraction of sp³-hybridized carbons (Fsp3) is 0.304. The molecule has 6 heteroatoms. The molecule has 0 aromatic heterocycles. The van der Waals surface area contributed by atoms with Crippen molar-refractivity contribution in [2.75, 3.05) is 13.2 Å². The van der Waals surface area contributed by atoms with Crippen molar-refractivity contribution in [2.45, 2.75) is 32.2 Å². The summed E-state index contributed by atoms with van der Waals surface area (Å²) in [6.07, 6.45) is 0. The minimum absolute atomic E-state index is 0.0452. The number of Topliss-reactive ketones (excluding diaryl/α,β-unsaturated/α-hetero) is 1. The second kappa shape index (κ2) is 7.79. The predicted octanol–water partition coefficient (Wildman–Crippen LogP) is 3.54. The fourth-order valence-corrected chi connectivity index (χ4v) is 3.49. The maximum Gasteiger partial charge on any atom is 0.295 e. The molecule has 152 valence electrons. The van der Waals surface area contributed by atoms with Crippen LogP contribution >= 0.6 is 0 Å². The molecule has 0 aliphatic carbocycles. The number of nitrogens with zero attached hydrogens (tertiary/aromatic N) is 1. The van der Waals surface area contributed by atoms with E-state index in [0.717, 1.165) is 5.56 Å². The lowest BCUT2D eigenvalue weighted by Gasteiger charge is -2.26. The van der Waals surface area contributed by atoms with E-state index in [-0.39, 0.29) is 35.5 Å². The van der Waals surface area contributed by atoms with Crippen molar-refractivity contribution in [2.24, 2.45) is 0 Å². The Bertz CT molecular complexity index is 956. The molecule has 0 radical (unpaired) electrons. The van der Waals surface area contributed by atoms with Gasteiger partial charge in [0.05, 0.1) is 18.2 Å². The maximum atomic E-state index is 13.2. The standard InChI is InChI=1S/C23H24FNO4/c1-23(2,3)16-8-4-14(5-9-16)19-18(21(28)22(29)25(19)12-13-26)20(27)15-6-10-17(24)11-7-15/h4-11,19,26-27H,12-13H2,1-3H3/b20-18-. The summed E-state index contributed by atoms with van der Waals surface area (Å²) in [6, 6.07) is 11.7. The molecule has 1 unspecified atom stereocenters. The molecule has 1 fully saturated rings. The van der Waals surface area contributed by atoms with E-state index in [1.807, 2.05) is 24.3 Å². The molecule has 2 aromatic rings. The first-order valence-electron chi connectivity index (χ1n) is 9.41. The number of aliphatic hydroxyl groups excluding tert-OH is 2. The fourth-order valence-electron chi connectivity index (χ4n) is 3.49. The van der Waals surface area contributed by atoms with Crippen LogP contribution in [0.15, 0.2) is 54.1 Å². The molecule has 1 heterocycles. The van der Waals surface area contributed by atoms with Gasteiger partial charge in [0, 0.05) is 12.1 Å². The van der Waals surface area contributed by atoms with Crippen LogP contribution in [0.25, 0.3) is 5.76 Å². The molecular formula is C23H24FNO4. The number of ketones is 1. The van der Waals surface area contributed by atoms with E-state index >= 15 is 0 Å². The van der Waals surface area contributed by atoms with Crippen LogP contribution < -0.4 is 0 Å². The molecule has 3 rings (SSSR count). The second-order valence-corrected chi connectivity index (χ2v) is 8.09. The molecule has 1 aliphatic rings. The van der Waals surface area contributed by atoms with Gasteiger partial charge in [0.1, 0.15) is 11.6 Å². The first-order chi connectivity index (χ1) is 13.6. The Morgan fingerprint density at radius 3 is 2.14 bits per heavy atom. The van der Waals surface area contributed by atoms with Gasteiger partial charge in [-0.25, -0.2) is 4.39 Å². The van der Waals surface area contributed by atoms with Crippen molar-refractivity contribution >= 4 is 17.4 Å². The molecule has 2 N–H and O–H groups in total. The van der Waals surface area contributed by atoms with E-state index in [1.54, 1.807) is 0 Å². The Hall–Kier alpha value is -2.99. The second-order valence-electron chi connectivity index (χ2n) is 8.09. The number of hydrogen-bond acceptors (Lipinski definition) is 4. The number of amides is 1. The largest absolute Gasteiger partial charge is 0.507 e. The summed E-state index contributed by atoms with van der Waals surface area (Å²) in [7, 11) is 0. The zero-order valence-corrected chi connectivity index (χ0v) is 16.6. The number of aliphatic hydroxyl groups is 2. The normalized spacial score (nSPS) is 19.1. The smallest absolute Gasteiger partial charge is 0.295 e. The van der Waals surface area contributed by atoms with Crippen LogP contribution in [-0.2, 0) is 15.0 Å². The average molecular weight is 397 g/mol. The number of rotatable bonds is 4. The van der Waals surface area contributed by atoms with Gasteiger partial charge in [0.25, 0.3) is 11.7 Å². The molecule has 2 aromatic carbocycles. The minimum Gasteiger partial charge on any atom is -0.507 e. The third kappa shape index (κ3) is 3.93. The van der Waals surface area contributed by atoms with Gasteiger partial charge in [0.15, 0.2) is 0 Å². The summed E-state index contributed by atoms with van der Waals surface area (Å²) in [4.78, 5) is 26.5. The Balaban J connectivity index is 2.14. The summed E-state index contributed by atoms with van der Waals surface area (Å²) >= 11 is 0. The number of carbonyl (C=O) groups is 2. The van der Waals surface area contributed by atoms with Crippen LogP contribution in [0.3, 0.4) is 0 Å². The van der Waals surface area contributed by atoms with E-state index in [9.17, 15) is 24.2 Å². The highest BCUT2D eigenvalue weighted by Gasteiger charge is 2.45. The minimum atomic E-state index is -0.832. The van der Waals surface area contributed by atoms with Crippen LogP contribution in [0.5, 0.6) is 0 Å². The monoisotopic (exact) mass is 397 g/mol. The summed E-state index contributed by atoms with van der Waals surface area (Å²) < 4.78 is 13.2. The Morgan fingerprint density at radius 2 is 1.62 bits per heavy atom. The van der Waals surface area contributed by atoms with Gasteiger partial charge in [-0.1, -0.05) is 45.0 Å². The average Bonchev–Trinajstić information content (AvgIpc) is 2.93. The van der Waals surface area contributed by atoms with E-state index in [0.29, 0.717) is 5.56 Å². The van der Waals surface area contributed by atoms with E-state index in [2.05, 4.69) is 20.8 Å². The first-order valence-corrected chi connectivity index (χ1v) is 9.41. The lowest BCUT2D eigenvalue weighted by Crippen LogP contribution is -2.32. The zero-order chi connectivity index (χ0) is 21.3. The van der Waals surface area contributed by atoms with Crippen LogP contribution in [0.2, 0.25) is 0 Å². The molecule has 0 saturated carbocycles. The Labute approximate surface area is 169 Å². The third-order valence-corrected chi connectivity index (χ3v) is 5.09. The van der Waals surface area contributed by atoms with Crippen LogP contribution in [0.4, 0.5) is 4.39 Å². The van der Waals surface area contributed by atoms with Crippen molar-refractivity contribution in [3.63, 3.8) is 0 Å². The van der Waals surface area contributed by atoms with E-state index in [1.165, 1.54) is 29.2 Å². The van der Waals surface area contributed by atoms with Gasteiger partial charge in [-0.2, -0.15) is 0 Å². The summed E-state index contributed by atoms with van der Waals surface area (Å²) in [5, 5.41) is 20.2. The van der Waals surface area contributed by atoms with Crippen molar-refractivity contribution in [1.29, 1.82) is 0 Å².